The maximum atomic E-state index is 13.2. The molecule has 1 amide bonds. The van der Waals surface area contributed by atoms with Crippen LogP contribution in [0.2, 0.25) is 0 Å². The molecule has 32 heavy (non-hydrogen) atoms. The summed E-state index contributed by atoms with van der Waals surface area (Å²) in [5, 5.41) is 2.93. The maximum absolute atomic E-state index is 13.2. The largest absolute Gasteiger partial charge is 0.494 e. The minimum atomic E-state index is -3.69. The fourth-order valence-electron chi connectivity index (χ4n) is 4.01. The van der Waals surface area contributed by atoms with Crippen LogP contribution in [0, 0.1) is 12.8 Å². The molecule has 1 fully saturated rings. The monoisotopic (exact) mass is 460 g/mol. The summed E-state index contributed by atoms with van der Waals surface area (Å²) in [6, 6.07) is 10.4. The van der Waals surface area contributed by atoms with Crippen LogP contribution in [0.5, 0.6) is 17.2 Å². The quantitative estimate of drug-likeness (QED) is 0.683. The second-order valence-corrected chi connectivity index (χ2v) is 9.91. The average molecular weight is 461 g/mol. The van der Waals surface area contributed by atoms with Gasteiger partial charge in [-0.05, 0) is 68.1 Å². The first-order valence-corrected chi connectivity index (χ1v) is 12.2. The molecular formula is C23H28N2O6S. The first kappa shape index (κ1) is 22.4. The summed E-state index contributed by atoms with van der Waals surface area (Å²) in [6.45, 7) is 5.34. The maximum Gasteiger partial charge on any atom is 0.243 e. The summed E-state index contributed by atoms with van der Waals surface area (Å²) in [4.78, 5) is 13.0. The van der Waals surface area contributed by atoms with Crippen molar-refractivity contribution in [2.45, 2.75) is 38.1 Å². The van der Waals surface area contributed by atoms with Gasteiger partial charge in [-0.2, -0.15) is 4.31 Å². The first-order chi connectivity index (χ1) is 15.4. The van der Waals surface area contributed by atoms with Crippen molar-refractivity contribution in [2.24, 2.45) is 5.92 Å². The van der Waals surface area contributed by atoms with E-state index in [-0.39, 0.29) is 24.1 Å². The van der Waals surface area contributed by atoms with Gasteiger partial charge in [-0.3, -0.25) is 4.79 Å². The Bertz CT molecular complexity index is 1100. The summed E-state index contributed by atoms with van der Waals surface area (Å²) in [7, 11) is -3.69. The molecule has 1 atom stereocenters. The van der Waals surface area contributed by atoms with E-state index in [1.807, 2.05) is 32.0 Å². The molecule has 2 aromatic rings. The zero-order valence-electron chi connectivity index (χ0n) is 18.3. The normalized spacial score (nSPS) is 18.4. The molecule has 0 aromatic heterocycles. The van der Waals surface area contributed by atoms with Gasteiger partial charge in [0.05, 0.1) is 17.4 Å². The van der Waals surface area contributed by atoms with E-state index in [9.17, 15) is 13.2 Å². The van der Waals surface area contributed by atoms with Crippen LogP contribution in [0.25, 0.3) is 0 Å². The number of hydrogen-bond donors (Lipinski definition) is 1. The number of carbonyl (C=O) groups excluding carboxylic acids is 1. The molecule has 0 bridgehead atoms. The van der Waals surface area contributed by atoms with E-state index < -0.39 is 15.9 Å². The van der Waals surface area contributed by atoms with Gasteiger partial charge in [-0.1, -0.05) is 6.07 Å². The van der Waals surface area contributed by atoms with Gasteiger partial charge in [0.2, 0.25) is 22.7 Å². The molecule has 0 unspecified atom stereocenters. The number of sulfonamides is 1. The molecule has 0 saturated carbocycles. The molecule has 1 N–H and O–H groups in total. The number of fused-ring (bicyclic) bond motifs is 1. The van der Waals surface area contributed by atoms with Crippen LogP contribution in [0.15, 0.2) is 41.3 Å². The van der Waals surface area contributed by atoms with E-state index in [1.165, 1.54) is 4.31 Å². The van der Waals surface area contributed by atoms with Crippen LogP contribution >= 0.6 is 0 Å². The summed E-state index contributed by atoms with van der Waals surface area (Å²) in [5.74, 6) is 1.49. The Morgan fingerprint density at radius 1 is 1.19 bits per heavy atom. The fourth-order valence-corrected chi connectivity index (χ4v) is 5.62. The Hall–Kier alpha value is -2.78. The van der Waals surface area contributed by atoms with Crippen molar-refractivity contribution in [1.29, 1.82) is 0 Å². The van der Waals surface area contributed by atoms with E-state index in [0.717, 1.165) is 11.1 Å². The predicted octanol–water partition coefficient (Wildman–Crippen LogP) is 2.84. The highest BCUT2D eigenvalue weighted by atomic mass is 32.2. The molecule has 2 aliphatic heterocycles. The number of rotatable bonds is 7. The second-order valence-electron chi connectivity index (χ2n) is 7.97. The molecule has 1 saturated heterocycles. The molecule has 2 aliphatic rings. The molecule has 2 aromatic carbocycles. The number of hydrogen-bond acceptors (Lipinski definition) is 6. The van der Waals surface area contributed by atoms with E-state index in [1.54, 1.807) is 18.2 Å². The van der Waals surface area contributed by atoms with Crippen molar-refractivity contribution in [3.8, 4) is 17.2 Å². The van der Waals surface area contributed by atoms with Crippen LogP contribution in [0.3, 0.4) is 0 Å². The average Bonchev–Trinajstić information content (AvgIpc) is 3.27. The number of ether oxygens (including phenoxy) is 3. The van der Waals surface area contributed by atoms with Gasteiger partial charge in [0.1, 0.15) is 5.75 Å². The lowest BCUT2D eigenvalue weighted by Gasteiger charge is -2.31. The molecule has 8 nitrogen and oxygen atoms in total. The van der Waals surface area contributed by atoms with Crippen LogP contribution in [0.4, 0.5) is 0 Å². The Labute approximate surface area is 188 Å². The van der Waals surface area contributed by atoms with E-state index >= 15 is 0 Å². The van der Waals surface area contributed by atoms with Crippen molar-refractivity contribution in [2.75, 3.05) is 26.5 Å². The molecule has 4 rings (SSSR count). The number of nitrogens with zero attached hydrogens (tertiary/aromatic N) is 1. The standard InChI is InChI=1S/C23H28N2O6S/c1-3-29-20-9-7-19(11-16(20)2)32(27,28)25-10-4-5-18(14-25)23(26)24-13-17-6-8-21-22(12-17)31-15-30-21/h6-9,11-12,18H,3-5,10,13-15H2,1-2H3,(H,24,26)/t18-/m1/s1. The summed E-state index contributed by atoms with van der Waals surface area (Å²) in [6.07, 6.45) is 1.29. The Morgan fingerprint density at radius 2 is 2.00 bits per heavy atom. The molecule has 172 valence electrons. The SMILES string of the molecule is CCOc1ccc(S(=O)(=O)N2CCC[C@@H](C(=O)NCc3ccc4c(c3)OCO4)C2)cc1C. The van der Waals surface area contributed by atoms with Gasteiger partial charge in [0.15, 0.2) is 11.5 Å². The molecule has 9 heteroatoms. The minimum Gasteiger partial charge on any atom is -0.494 e. The second kappa shape index (κ2) is 9.38. The molecule has 0 aliphatic carbocycles. The van der Waals surface area contributed by atoms with Crippen molar-refractivity contribution in [1.82, 2.24) is 9.62 Å². The number of nitrogens with one attached hydrogen (secondary N) is 1. The van der Waals surface area contributed by atoms with Crippen LogP contribution in [0.1, 0.15) is 30.9 Å². The van der Waals surface area contributed by atoms with Gasteiger partial charge in [0.25, 0.3) is 0 Å². The highest BCUT2D eigenvalue weighted by molar-refractivity contribution is 7.89. The zero-order valence-corrected chi connectivity index (χ0v) is 19.1. The lowest BCUT2D eigenvalue weighted by Crippen LogP contribution is -2.45. The molecule has 0 radical (unpaired) electrons. The van der Waals surface area contributed by atoms with Crippen molar-refractivity contribution in [3.63, 3.8) is 0 Å². The third-order valence-corrected chi connectivity index (χ3v) is 7.60. The Kier molecular flexibility index (Phi) is 6.57. The number of piperidine rings is 1. The third kappa shape index (κ3) is 4.68. The fraction of sp³-hybridized carbons (Fsp3) is 0.435. The molecule has 2 heterocycles. The van der Waals surface area contributed by atoms with Gasteiger partial charge in [-0.15, -0.1) is 0 Å². The van der Waals surface area contributed by atoms with E-state index in [2.05, 4.69) is 5.32 Å². The number of amides is 1. The molecule has 0 spiro atoms. The first-order valence-electron chi connectivity index (χ1n) is 10.8. The van der Waals surface area contributed by atoms with Gasteiger partial charge in [0, 0.05) is 19.6 Å². The van der Waals surface area contributed by atoms with Crippen LogP contribution in [-0.2, 0) is 21.4 Å². The smallest absolute Gasteiger partial charge is 0.243 e. The van der Waals surface area contributed by atoms with Gasteiger partial charge in [-0.25, -0.2) is 8.42 Å². The predicted molar refractivity (Wildman–Crippen MR) is 118 cm³/mol. The van der Waals surface area contributed by atoms with Crippen molar-refractivity contribution in [3.05, 3.63) is 47.5 Å². The summed E-state index contributed by atoms with van der Waals surface area (Å²) in [5.41, 5.74) is 1.66. The van der Waals surface area contributed by atoms with Crippen LogP contribution < -0.4 is 19.5 Å². The van der Waals surface area contributed by atoms with Crippen molar-refractivity contribution >= 4 is 15.9 Å². The zero-order chi connectivity index (χ0) is 22.7. The summed E-state index contributed by atoms with van der Waals surface area (Å²) >= 11 is 0. The topological polar surface area (TPSA) is 94.2 Å². The van der Waals surface area contributed by atoms with E-state index in [0.29, 0.717) is 49.8 Å². The Balaban J connectivity index is 1.40. The minimum absolute atomic E-state index is 0.148. The molecular weight excluding hydrogens is 432 g/mol. The Morgan fingerprint density at radius 3 is 2.78 bits per heavy atom. The van der Waals surface area contributed by atoms with Crippen molar-refractivity contribution < 1.29 is 27.4 Å². The lowest BCUT2D eigenvalue weighted by molar-refractivity contribution is -0.126. The third-order valence-electron chi connectivity index (χ3n) is 5.74. The summed E-state index contributed by atoms with van der Waals surface area (Å²) < 4.78 is 44.0. The number of benzene rings is 2. The van der Waals surface area contributed by atoms with Crippen LogP contribution in [-0.4, -0.2) is 45.1 Å². The number of carbonyl (C=O) groups is 1. The highest BCUT2D eigenvalue weighted by Gasteiger charge is 2.33. The van der Waals surface area contributed by atoms with Gasteiger partial charge >= 0.3 is 0 Å². The number of aryl methyl sites for hydroxylation is 1. The van der Waals surface area contributed by atoms with E-state index in [4.69, 9.17) is 14.2 Å². The lowest BCUT2D eigenvalue weighted by atomic mass is 9.98. The van der Waals surface area contributed by atoms with Gasteiger partial charge < -0.3 is 19.5 Å². The highest BCUT2D eigenvalue weighted by Crippen LogP contribution is 2.32.